The van der Waals surface area contributed by atoms with E-state index < -0.39 is 6.36 Å². The van der Waals surface area contributed by atoms with E-state index in [0.717, 1.165) is 5.56 Å². The summed E-state index contributed by atoms with van der Waals surface area (Å²) in [6.07, 6.45) is -2.71. The van der Waals surface area contributed by atoms with Crippen molar-refractivity contribution >= 4 is 22.4 Å². The van der Waals surface area contributed by atoms with Crippen LogP contribution in [0, 0.1) is 5.92 Å². The minimum Gasteiger partial charge on any atom is -0.406 e. The van der Waals surface area contributed by atoms with Crippen LogP contribution >= 0.6 is 11.3 Å². The minimum absolute atomic E-state index is 0.189. The van der Waals surface area contributed by atoms with Gasteiger partial charge in [0.25, 0.3) is 0 Å². The fourth-order valence-corrected chi connectivity index (χ4v) is 2.32. The minimum atomic E-state index is -4.71. The van der Waals surface area contributed by atoms with Gasteiger partial charge in [-0.1, -0.05) is 19.1 Å². The molecule has 0 aliphatic rings. The van der Waals surface area contributed by atoms with Crippen LogP contribution in [-0.4, -0.2) is 17.3 Å². The molecule has 8 heteroatoms. The third kappa shape index (κ3) is 5.03. The Labute approximate surface area is 128 Å². The lowest BCUT2D eigenvalue weighted by Gasteiger charge is -2.12. The summed E-state index contributed by atoms with van der Waals surface area (Å²) in [6.45, 7) is 1.74. The molecule has 1 aromatic carbocycles. The number of amides is 1. The molecule has 1 atom stereocenters. The van der Waals surface area contributed by atoms with Gasteiger partial charge in [0, 0.05) is 17.5 Å². The monoisotopic (exact) mass is 330 g/mol. The number of aromatic nitrogens is 1. The van der Waals surface area contributed by atoms with Crippen LogP contribution in [0.2, 0.25) is 0 Å². The summed E-state index contributed by atoms with van der Waals surface area (Å²) in [5.74, 6) is -0.806. The molecule has 22 heavy (non-hydrogen) atoms. The van der Waals surface area contributed by atoms with Gasteiger partial charge in [-0.3, -0.25) is 4.79 Å². The Hall–Kier alpha value is -2.09. The average molecular weight is 330 g/mol. The van der Waals surface area contributed by atoms with Crippen LogP contribution < -0.4 is 10.1 Å². The molecular weight excluding hydrogens is 317 g/mol. The zero-order valence-corrected chi connectivity index (χ0v) is 12.4. The van der Waals surface area contributed by atoms with E-state index in [9.17, 15) is 18.0 Å². The van der Waals surface area contributed by atoms with Crippen LogP contribution in [0.3, 0.4) is 0 Å². The third-order valence-corrected chi connectivity index (χ3v) is 3.50. The van der Waals surface area contributed by atoms with Crippen molar-refractivity contribution in [3.8, 4) is 5.75 Å². The molecular formula is C14H13F3N2O2S. The quantitative estimate of drug-likeness (QED) is 0.906. The van der Waals surface area contributed by atoms with E-state index in [2.05, 4.69) is 15.0 Å². The second-order valence-electron chi connectivity index (χ2n) is 4.62. The lowest BCUT2D eigenvalue weighted by atomic mass is 10.0. The van der Waals surface area contributed by atoms with Crippen LogP contribution in [0.1, 0.15) is 12.5 Å². The Bertz CT molecular complexity index is 612. The number of nitrogens with zero attached hydrogens (tertiary/aromatic N) is 1. The number of halogens is 3. The van der Waals surface area contributed by atoms with Crippen molar-refractivity contribution in [2.24, 2.45) is 5.92 Å². The highest BCUT2D eigenvalue weighted by atomic mass is 32.1. The number of hydrogen-bond acceptors (Lipinski definition) is 4. The molecule has 2 rings (SSSR count). The fourth-order valence-electron chi connectivity index (χ4n) is 1.79. The lowest BCUT2D eigenvalue weighted by molar-refractivity contribution is -0.274. The molecule has 0 bridgehead atoms. The van der Waals surface area contributed by atoms with Gasteiger partial charge in [-0.05, 0) is 24.1 Å². The Kier molecular flexibility index (Phi) is 5.02. The van der Waals surface area contributed by atoms with Gasteiger partial charge < -0.3 is 10.1 Å². The molecule has 0 aliphatic carbocycles. The first-order valence-electron chi connectivity index (χ1n) is 6.38. The van der Waals surface area contributed by atoms with Gasteiger partial charge in [0.1, 0.15) is 5.75 Å². The molecule has 0 radical (unpaired) electrons. The number of hydrogen-bond donors (Lipinski definition) is 1. The van der Waals surface area contributed by atoms with Crippen molar-refractivity contribution in [3.63, 3.8) is 0 Å². The zero-order chi connectivity index (χ0) is 16.2. The average Bonchev–Trinajstić information content (AvgIpc) is 2.92. The summed E-state index contributed by atoms with van der Waals surface area (Å²) in [7, 11) is 0. The van der Waals surface area contributed by atoms with Crippen molar-refractivity contribution < 1.29 is 22.7 Å². The standard InChI is InChI=1S/C14H13F3N2O2S/c1-9(12(20)19-13-18-6-7-22-13)8-10-2-4-11(5-3-10)21-14(15,16)17/h2-7,9H,8H2,1H3,(H,18,19,20). The second kappa shape index (κ2) is 6.78. The molecule has 0 aliphatic heterocycles. The number of anilines is 1. The van der Waals surface area contributed by atoms with Crippen molar-refractivity contribution in [2.45, 2.75) is 19.7 Å². The number of benzene rings is 1. The number of carbonyl (C=O) groups is 1. The molecule has 0 saturated carbocycles. The summed E-state index contributed by atoms with van der Waals surface area (Å²) in [4.78, 5) is 15.9. The van der Waals surface area contributed by atoms with Crippen molar-refractivity contribution in [1.29, 1.82) is 0 Å². The lowest BCUT2D eigenvalue weighted by Crippen LogP contribution is -2.22. The molecule has 0 fully saturated rings. The van der Waals surface area contributed by atoms with Crippen molar-refractivity contribution in [3.05, 3.63) is 41.4 Å². The first-order valence-corrected chi connectivity index (χ1v) is 7.26. The van der Waals surface area contributed by atoms with E-state index in [1.807, 2.05) is 0 Å². The van der Waals surface area contributed by atoms with Crippen LogP contribution in [0.5, 0.6) is 5.75 Å². The van der Waals surface area contributed by atoms with Gasteiger partial charge >= 0.3 is 6.36 Å². The topological polar surface area (TPSA) is 51.2 Å². The van der Waals surface area contributed by atoms with Crippen LogP contribution in [0.15, 0.2) is 35.8 Å². The third-order valence-electron chi connectivity index (χ3n) is 2.81. The number of rotatable bonds is 5. The molecule has 0 saturated heterocycles. The maximum atomic E-state index is 12.1. The van der Waals surface area contributed by atoms with Gasteiger partial charge in [-0.15, -0.1) is 24.5 Å². The Morgan fingerprint density at radius 3 is 2.59 bits per heavy atom. The second-order valence-corrected chi connectivity index (χ2v) is 5.52. The van der Waals surface area contributed by atoms with Crippen LogP contribution in [-0.2, 0) is 11.2 Å². The molecule has 1 heterocycles. The van der Waals surface area contributed by atoms with Gasteiger partial charge in [-0.2, -0.15) is 0 Å². The molecule has 1 aromatic heterocycles. The van der Waals surface area contributed by atoms with Gasteiger partial charge in [-0.25, -0.2) is 4.98 Å². The summed E-state index contributed by atoms with van der Waals surface area (Å²) < 4.78 is 40.0. The number of nitrogens with one attached hydrogen (secondary N) is 1. The highest BCUT2D eigenvalue weighted by molar-refractivity contribution is 7.13. The van der Waals surface area contributed by atoms with E-state index in [1.54, 1.807) is 18.5 Å². The first-order chi connectivity index (χ1) is 10.3. The molecule has 2 aromatic rings. The van der Waals surface area contributed by atoms with E-state index >= 15 is 0 Å². The van der Waals surface area contributed by atoms with E-state index in [-0.39, 0.29) is 17.6 Å². The summed E-state index contributed by atoms with van der Waals surface area (Å²) >= 11 is 1.32. The Morgan fingerprint density at radius 2 is 2.05 bits per heavy atom. The first kappa shape index (κ1) is 16.3. The smallest absolute Gasteiger partial charge is 0.406 e. The zero-order valence-electron chi connectivity index (χ0n) is 11.6. The Morgan fingerprint density at radius 1 is 1.36 bits per heavy atom. The van der Waals surface area contributed by atoms with E-state index in [1.165, 1.54) is 35.6 Å². The maximum Gasteiger partial charge on any atom is 0.573 e. The van der Waals surface area contributed by atoms with E-state index in [0.29, 0.717) is 11.6 Å². The van der Waals surface area contributed by atoms with E-state index in [4.69, 9.17) is 0 Å². The van der Waals surface area contributed by atoms with Gasteiger partial charge in [0.15, 0.2) is 5.13 Å². The summed E-state index contributed by atoms with van der Waals surface area (Å²) in [6, 6.07) is 5.48. The molecule has 1 N–H and O–H groups in total. The molecule has 118 valence electrons. The summed E-state index contributed by atoms with van der Waals surface area (Å²) in [5, 5.41) is 4.95. The number of thiazole rings is 1. The van der Waals surface area contributed by atoms with Crippen molar-refractivity contribution in [1.82, 2.24) is 4.98 Å². The normalized spacial score (nSPS) is 12.7. The van der Waals surface area contributed by atoms with Crippen molar-refractivity contribution in [2.75, 3.05) is 5.32 Å². The molecule has 1 unspecified atom stereocenters. The number of ether oxygens (including phenoxy) is 1. The summed E-state index contributed by atoms with van der Waals surface area (Å²) in [5.41, 5.74) is 0.747. The maximum absolute atomic E-state index is 12.1. The van der Waals surface area contributed by atoms with Gasteiger partial charge in [0.05, 0.1) is 0 Å². The number of alkyl halides is 3. The van der Waals surface area contributed by atoms with Gasteiger partial charge in [0.2, 0.25) is 5.91 Å². The highest BCUT2D eigenvalue weighted by Gasteiger charge is 2.31. The van der Waals surface area contributed by atoms with Crippen LogP contribution in [0.4, 0.5) is 18.3 Å². The molecule has 1 amide bonds. The molecule has 4 nitrogen and oxygen atoms in total. The molecule has 0 spiro atoms. The number of carbonyl (C=O) groups excluding carboxylic acids is 1. The van der Waals surface area contributed by atoms with Crippen LogP contribution in [0.25, 0.3) is 0 Å². The predicted octanol–water partition coefficient (Wildman–Crippen LogP) is 3.86. The highest BCUT2D eigenvalue weighted by Crippen LogP contribution is 2.23. The SMILES string of the molecule is CC(Cc1ccc(OC(F)(F)F)cc1)C(=O)Nc1nccs1. The predicted molar refractivity (Wildman–Crippen MR) is 76.7 cm³/mol. The Balaban J connectivity index is 1.91. The fraction of sp³-hybridized carbons (Fsp3) is 0.286. The largest absolute Gasteiger partial charge is 0.573 e.